The predicted octanol–water partition coefficient (Wildman–Crippen LogP) is 3.79. The molecule has 1 amide bonds. The number of hydrogen-bond donors (Lipinski definition) is 0. The highest BCUT2D eigenvalue weighted by Gasteiger charge is 2.25. The lowest BCUT2D eigenvalue weighted by Crippen LogP contribution is -2.35. The van der Waals surface area contributed by atoms with Gasteiger partial charge in [0.05, 0.1) is 32.6 Å². The normalized spacial score (nSPS) is 15.6. The van der Waals surface area contributed by atoms with E-state index in [0.29, 0.717) is 29.0 Å². The summed E-state index contributed by atoms with van der Waals surface area (Å²) in [7, 11) is 4.41. The molecule has 160 valence electrons. The molecule has 0 saturated heterocycles. The van der Waals surface area contributed by atoms with Crippen LogP contribution in [-0.4, -0.2) is 51.6 Å². The van der Waals surface area contributed by atoms with Gasteiger partial charge in [0, 0.05) is 16.7 Å². The average molecular weight is 432 g/mol. The molecule has 7 nitrogen and oxygen atoms in total. The summed E-state index contributed by atoms with van der Waals surface area (Å²) in [5.74, 6) is 0.136. The van der Waals surface area contributed by atoms with Crippen molar-refractivity contribution in [3.63, 3.8) is 0 Å². The minimum atomic E-state index is -0.645. The van der Waals surface area contributed by atoms with Gasteiger partial charge in [0.1, 0.15) is 0 Å². The zero-order valence-corrected chi connectivity index (χ0v) is 18.3. The SMILES string of the molecule is COc1cc(C(=O)OCC(=O)N2CCC(C)Sc3ccccc32)cc(OC)c1OC. The number of carbonyl (C=O) groups excluding carboxylic acids is 2. The van der Waals surface area contributed by atoms with Crippen molar-refractivity contribution in [2.75, 3.05) is 39.4 Å². The first-order chi connectivity index (χ1) is 14.5. The molecule has 1 unspecified atom stereocenters. The Kier molecular flexibility index (Phi) is 7.10. The number of nitrogens with zero attached hydrogens (tertiary/aromatic N) is 1. The molecular weight excluding hydrogens is 406 g/mol. The number of para-hydroxylation sites is 1. The Hall–Kier alpha value is -2.87. The Morgan fingerprint density at radius 1 is 1.07 bits per heavy atom. The van der Waals surface area contributed by atoms with Crippen molar-refractivity contribution in [3.05, 3.63) is 42.0 Å². The van der Waals surface area contributed by atoms with Crippen molar-refractivity contribution in [1.82, 2.24) is 0 Å². The lowest BCUT2D eigenvalue weighted by molar-refractivity contribution is -0.121. The molecule has 1 aliphatic heterocycles. The van der Waals surface area contributed by atoms with Crippen LogP contribution in [0.5, 0.6) is 17.2 Å². The third-order valence-electron chi connectivity index (χ3n) is 4.77. The highest BCUT2D eigenvalue weighted by Crippen LogP contribution is 2.39. The van der Waals surface area contributed by atoms with Crippen LogP contribution in [0, 0.1) is 0 Å². The third-order valence-corrected chi connectivity index (χ3v) is 6.01. The molecule has 2 aromatic rings. The van der Waals surface area contributed by atoms with E-state index in [9.17, 15) is 9.59 Å². The molecule has 0 spiro atoms. The lowest BCUT2D eigenvalue weighted by atomic mass is 10.2. The van der Waals surface area contributed by atoms with Crippen LogP contribution >= 0.6 is 11.8 Å². The molecule has 2 aromatic carbocycles. The van der Waals surface area contributed by atoms with E-state index in [1.165, 1.54) is 33.5 Å². The summed E-state index contributed by atoms with van der Waals surface area (Å²) >= 11 is 1.75. The Labute approximate surface area is 180 Å². The van der Waals surface area contributed by atoms with Crippen molar-refractivity contribution < 1.29 is 28.5 Å². The molecule has 0 N–H and O–H groups in total. The Morgan fingerprint density at radius 3 is 2.37 bits per heavy atom. The highest BCUT2D eigenvalue weighted by atomic mass is 32.2. The van der Waals surface area contributed by atoms with Gasteiger partial charge < -0.3 is 23.8 Å². The van der Waals surface area contributed by atoms with Crippen molar-refractivity contribution >= 4 is 29.3 Å². The van der Waals surface area contributed by atoms with Gasteiger partial charge in [0.15, 0.2) is 18.1 Å². The fraction of sp³-hybridized carbons (Fsp3) is 0.364. The molecule has 1 atom stereocenters. The number of esters is 1. The number of hydrogen-bond acceptors (Lipinski definition) is 7. The Bertz CT molecular complexity index is 907. The molecule has 0 saturated carbocycles. The first-order valence-corrected chi connectivity index (χ1v) is 10.4. The van der Waals surface area contributed by atoms with Gasteiger partial charge in [-0.3, -0.25) is 4.79 Å². The van der Waals surface area contributed by atoms with Crippen LogP contribution in [0.1, 0.15) is 23.7 Å². The number of rotatable bonds is 6. The molecular formula is C22H25NO6S. The van der Waals surface area contributed by atoms with E-state index in [0.717, 1.165) is 17.0 Å². The van der Waals surface area contributed by atoms with Crippen LogP contribution < -0.4 is 19.1 Å². The second kappa shape index (κ2) is 9.75. The van der Waals surface area contributed by atoms with Crippen molar-refractivity contribution in [2.45, 2.75) is 23.5 Å². The summed E-state index contributed by atoms with van der Waals surface area (Å²) < 4.78 is 21.1. The highest BCUT2D eigenvalue weighted by molar-refractivity contribution is 8.00. The minimum Gasteiger partial charge on any atom is -0.493 e. The smallest absolute Gasteiger partial charge is 0.338 e. The summed E-state index contributed by atoms with van der Waals surface area (Å²) in [4.78, 5) is 28.2. The molecule has 1 heterocycles. The Morgan fingerprint density at radius 2 is 1.73 bits per heavy atom. The van der Waals surface area contributed by atoms with E-state index < -0.39 is 5.97 Å². The fourth-order valence-electron chi connectivity index (χ4n) is 3.23. The third kappa shape index (κ3) is 4.64. The summed E-state index contributed by atoms with van der Waals surface area (Å²) in [5, 5.41) is 0.394. The van der Waals surface area contributed by atoms with Gasteiger partial charge in [-0.15, -0.1) is 11.8 Å². The summed E-state index contributed by atoms with van der Waals surface area (Å²) in [6.45, 7) is 2.36. The topological polar surface area (TPSA) is 74.3 Å². The number of methoxy groups -OCH3 is 3. The number of fused-ring (bicyclic) bond motifs is 1. The Balaban J connectivity index is 1.74. The number of amides is 1. The molecule has 8 heteroatoms. The summed E-state index contributed by atoms with van der Waals surface area (Å²) in [5.41, 5.74) is 1.05. The van der Waals surface area contributed by atoms with Crippen LogP contribution in [0.3, 0.4) is 0 Å². The van der Waals surface area contributed by atoms with Crippen LogP contribution in [0.25, 0.3) is 0 Å². The summed E-state index contributed by atoms with van der Waals surface area (Å²) in [6.07, 6.45) is 0.853. The van der Waals surface area contributed by atoms with Crippen molar-refractivity contribution in [1.29, 1.82) is 0 Å². The van der Waals surface area contributed by atoms with Gasteiger partial charge in [0.2, 0.25) is 5.75 Å². The van der Waals surface area contributed by atoms with Gasteiger partial charge in [-0.2, -0.15) is 0 Å². The second-order valence-corrected chi connectivity index (χ2v) is 8.20. The van der Waals surface area contributed by atoms with Crippen LogP contribution in [0.4, 0.5) is 5.69 Å². The first-order valence-electron chi connectivity index (χ1n) is 9.51. The minimum absolute atomic E-state index is 0.206. The van der Waals surface area contributed by atoms with E-state index in [4.69, 9.17) is 18.9 Å². The van der Waals surface area contributed by atoms with Crippen LogP contribution in [0.2, 0.25) is 0 Å². The number of benzene rings is 2. The predicted molar refractivity (Wildman–Crippen MR) is 115 cm³/mol. The van der Waals surface area contributed by atoms with Crippen molar-refractivity contribution in [2.24, 2.45) is 0 Å². The van der Waals surface area contributed by atoms with Gasteiger partial charge in [-0.1, -0.05) is 19.1 Å². The van der Waals surface area contributed by atoms with Gasteiger partial charge in [0.25, 0.3) is 5.91 Å². The van der Waals surface area contributed by atoms with Gasteiger partial charge in [-0.05, 0) is 30.7 Å². The molecule has 0 bridgehead atoms. The monoisotopic (exact) mass is 431 g/mol. The number of carbonyl (C=O) groups is 2. The molecule has 3 rings (SSSR count). The van der Waals surface area contributed by atoms with Crippen LogP contribution in [0.15, 0.2) is 41.3 Å². The van der Waals surface area contributed by atoms with E-state index in [1.807, 2.05) is 24.3 Å². The first kappa shape index (κ1) is 21.8. The molecule has 30 heavy (non-hydrogen) atoms. The maximum Gasteiger partial charge on any atom is 0.338 e. The molecule has 0 radical (unpaired) electrons. The van der Waals surface area contributed by atoms with E-state index >= 15 is 0 Å². The lowest BCUT2D eigenvalue weighted by Gasteiger charge is -2.22. The molecule has 0 aromatic heterocycles. The largest absolute Gasteiger partial charge is 0.493 e. The maximum absolute atomic E-state index is 12.9. The molecule has 1 aliphatic rings. The van der Waals surface area contributed by atoms with Gasteiger partial charge in [-0.25, -0.2) is 4.79 Å². The fourth-order valence-corrected chi connectivity index (χ4v) is 4.35. The van der Waals surface area contributed by atoms with E-state index in [1.54, 1.807) is 16.7 Å². The average Bonchev–Trinajstić information content (AvgIpc) is 2.94. The number of ether oxygens (including phenoxy) is 4. The second-order valence-electron chi connectivity index (χ2n) is 6.72. The zero-order chi connectivity index (χ0) is 21.7. The number of thioether (sulfide) groups is 1. The van der Waals surface area contributed by atoms with Crippen molar-refractivity contribution in [3.8, 4) is 17.2 Å². The zero-order valence-electron chi connectivity index (χ0n) is 17.5. The molecule has 0 aliphatic carbocycles. The van der Waals surface area contributed by atoms with Crippen LogP contribution in [-0.2, 0) is 9.53 Å². The van der Waals surface area contributed by atoms with E-state index in [-0.39, 0.29) is 18.1 Å². The maximum atomic E-state index is 12.9. The standard InChI is InChI=1S/C22H25NO6S/c1-14-9-10-23(16-7-5-6-8-19(16)30-14)20(24)13-29-22(25)15-11-17(26-2)21(28-4)18(12-15)27-3/h5-8,11-12,14H,9-10,13H2,1-4H3. The molecule has 0 fully saturated rings. The quantitative estimate of drug-likeness (QED) is 0.644. The summed E-state index contributed by atoms with van der Waals surface area (Å²) in [6, 6.07) is 10.8. The van der Waals surface area contributed by atoms with E-state index in [2.05, 4.69) is 6.92 Å². The number of anilines is 1. The van der Waals surface area contributed by atoms with Gasteiger partial charge >= 0.3 is 5.97 Å².